The van der Waals surface area contributed by atoms with Crippen molar-refractivity contribution in [3.05, 3.63) is 46.8 Å². The van der Waals surface area contributed by atoms with Gasteiger partial charge >= 0.3 is 0 Å². The molecular formula is C11H9BrN4OS. The highest BCUT2D eigenvalue weighted by Gasteiger charge is 2.04. The fraction of sp³-hybridized carbons (Fsp3) is 0. The van der Waals surface area contributed by atoms with Crippen LogP contribution in [-0.2, 0) is 0 Å². The molecular weight excluding hydrogens is 316 g/mol. The zero-order valence-corrected chi connectivity index (χ0v) is 11.5. The third kappa shape index (κ3) is 3.21. The van der Waals surface area contributed by atoms with Gasteiger partial charge < -0.3 is 10.9 Å². The Morgan fingerprint density at radius 3 is 2.83 bits per heavy atom. The van der Waals surface area contributed by atoms with E-state index in [0.29, 0.717) is 5.69 Å². The number of amidine groups is 1. The minimum absolute atomic E-state index is 0.0128. The fourth-order valence-corrected chi connectivity index (χ4v) is 2.23. The van der Waals surface area contributed by atoms with Gasteiger partial charge in [0.25, 0.3) is 0 Å². The van der Waals surface area contributed by atoms with Gasteiger partial charge in [0, 0.05) is 21.8 Å². The van der Waals surface area contributed by atoms with E-state index < -0.39 is 0 Å². The second-order valence-electron chi connectivity index (χ2n) is 3.28. The Kier molecular flexibility index (Phi) is 4.16. The van der Waals surface area contributed by atoms with E-state index in [4.69, 9.17) is 10.9 Å². The van der Waals surface area contributed by atoms with Crippen LogP contribution < -0.4 is 5.73 Å². The summed E-state index contributed by atoms with van der Waals surface area (Å²) < 4.78 is 0.930. The Balaban J connectivity index is 2.22. The van der Waals surface area contributed by atoms with E-state index in [1.54, 1.807) is 18.5 Å². The maximum absolute atomic E-state index is 8.60. The summed E-state index contributed by atoms with van der Waals surface area (Å²) in [5.41, 5.74) is 5.91. The maximum atomic E-state index is 8.60. The predicted octanol–water partition coefficient (Wildman–Crippen LogP) is 2.48. The molecule has 0 fully saturated rings. The van der Waals surface area contributed by atoms with E-state index in [0.717, 1.165) is 14.4 Å². The summed E-state index contributed by atoms with van der Waals surface area (Å²) in [5, 5.41) is 12.4. The molecule has 18 heavy (non-hydrogen) atoms. The molecule has 0 bridgehead atoms. The van der Waals surface area contributed by atoms with Gasteiger partial charge in [-0.15, -0.1) is 0 Å². The van der Waals surface area contributed by atoms with Crippen molar-refractivity contribution < 1.29 is 5.21 Å². The normalized spacial score (nSPS) is 11.5. The van der Waals surface area contributed by atoms with Gasteiger partial charge in [0.15, 0.2) is 5.84 Å². The van der Waals surface area contributed by atoms with Crippen LogP contribution in [0.2, 0.25) is 0 Å². The number of nitrogens with zero attached hydrogens (tertiary/aromatic N) is 3. The van der Waals surface area contributed by atoms with Crippen LogP contribution in [0.15, 0.2) is 56.2 Å². The van der Waals surface area contributed by atoms with Crippen molar-refractivity contribution in [3.8, 4) is 0 Å². The molecule has 7 heteroatoms. The van der Waals surface area contributed by atoms with Gasteiger partial charge in [-0.05, 0) is 40.2 Å². The van der Waals surface area contributed by atoms with Crippen LogP contribution in [0.25, 0.3) is 0 Å². The SMILES string of the molecule is NC(=NO)c1cc(Sc2ccc(Br)cn2)ccn1. The molecule has 0 aliphatic rings. The summed E-state index contributed by atoms with van der Waals surface area (Å²) in [6, 6.07) is 7.39. The molecule has 92 valence electrons. The quantitative estimate of drug-likeness (QED) is 0.392. The molecule has 0 aliphatic heterocycles. The third-order valence-electron chi connectivity index (χ3n) is 2.02. The lowest BCUT2D eigenvalue weighted by molar-refractivity contribution is 0.318. The predicted molar refractivity (Wildman–Crippen MR) is 72.8 cm³/mol. The third-order valence-corrected chi connectivity index (χ3v) is 3.43. The first kappa shape index (κ1) is 12.8. The molecule has 0 aromatic carbocycles. The molecule has 0 amide bonds. The van der Waals surface area contributed by atoms with Gasteiger partial charge in [0.1, 0.15) is 10.7 Å². The lowest BCUT2D eigenvalue weighted by Crippen LogP contribution is -2.14. The van der Waals surface area contributed by atoms with Crippen LogP contribution in [0.5, 0.6) is 0 Å². The lowest BCUT2D eigenvalue weighted by Gasteiger charge is -2.03. The minimum atomic E-state index is -0.0128. The first-order valence-corrected chi connectivity index (χ1v) is 6.53. The van der Waals surface area contributed by atoms with Gasteiger partial charge in [-0.25, -0.2) is 4.98 Å². The summed E-state index contributed by atoms with van der Waals surface area (Å²) in [4.78, 5) is 9.18. The van der Waals surface area contributed by atoms with Crippen LogP contribution in [0, 0.1) is 0 Å². The highest BCUT2D eigenvalue weighted by molar-refractivity contribution is 9.10. The molecule has 5 nitrogen and oxygen atoms in total. The molecule has 2 heterocycles. The van der Waals surface area contributed by atoms with Crippen molar-refractivity contribution in [1.82, 2.24) is 9.97 Å². The van der Waals surface area contributed by atoms with Crippen molar-refractivity contribution >= 4 is 33.5 Å². The van der Waals surface area contributed by atoms with Crippen LogP contribution in [-0.4, -0.2) is 21.0 Å². The Bertz CT molecular complexity index is 574. The van der Waals surface area contributed by atoms with Crippen molar-refractivity contribution in [1.29, 1.82) is 0 Å². The maximum Gasteiger partial charge on any atom is 0.188 e. The largest absolute Gasteiger partial charge is 0.409 e. The number of rotatable bonds is 3. The van der Waals surface area contributed by atoms with Gasteiger partial charge in [-0.3, -0.25) is 4.98 Å². The smallest absolute Gasteiger partial charge is 0.188 e. The molecule has 0 saturated heterocycles. The van der Waals surface area contributed by atoms with Crippen molar-refractivity contribution in [3.63, 3.8) is 0 Å². The highest BCUT2D eigenvalue weighted by Crippen LogP contribution is 2.26. The molecule has 0 atom stereocenters. The zero-order chi connectivity index (χ0) is 13.0. The fourth-order valence-electron chi connectivity index (χ4n) is 1.21. The van der Waals surface area contributed by atoms with Crippen molar-refractivity contribution in [2.45, 2.75) is 9.92 Å². The molecule has 3 N–H and O–H groups in total. The number of nitrogens with two attached hydrogens (primary N) is 1. The average molecular weight is 325 g/mol. The standard InChI is InChI=1S/C11H9BrN4OS/c12-7-1-2-10(15-6-7)18-8-3-4-14-9(5-8)11(13)16-17/h1-6,17H,(H2,13,16). The molecule has 0 unspecified atom stereocenters. The number of oxime groups is 1. The van der Waals surface area contributed by atoms with E-state index in [9.17, 15) is 0 Å². The van der Waals surface area contributed by atoms with Crippen LogP contribution in [0.1, 0.15) is 5.69 Å². The number of pyridine rings is 2. The lowest BCUT2D eigenvalue weighted by atomic mass is 10.3. The Morgan fingerprint density at radius 1 is 1.33 bits per heavy atom. The van der Waals surface area contributed by atoms with Gasteiger partial charge in [0.05, 0.1) is 0 Å². The van der Waals surface area contributed by atoms with E-state index in [1.807, 2.05) is 18.2 Å². The van der Waals surface area contributed by atoms with E-state index in [1.165, 1.54) is 11.8 Å². The first-order chi connectivity index (χ1) is 8.69. The molecule has 2 aromatic heterocycles. The molecule has 0 radical (unpaired) electrons. The van der Waals surface area contributed by atoms with E-state index in [2.05, 4.69) is 31.1 Å². The number of hydrogen-bond acceptors (Lipinski definition) is 5. The zero-order valence-electron chi connectivity index (χ0n) is 9.12. The molecule has 2 rings (SSSR count). The summed E-state index contributed by atoms with van der Waals surface area (Å²) in [6.07, 6.45) is 3.34. The second-order valence-corrected chi connectivity index (χ2v) is 5.29. The first-order valence-electron chi connectivity index (χ1n) is 4.92. The molecule has 2 aromatic rings. The van der Waals surface area contributed by atoms with Crippen LogP contribution >= 0.6 is 27.7 Å². The summed E-state index contributed by atoms with van der Waals surface area (Å²) in [6.45, 7) is 0. The van der Waals surface area contributed by atoms with E-state index >= 15 is 0 Å². The van der Waals surface area contributed by atoms with Gasteiger partial charge in [0.2, 0.25) is 0 Å². The monoisotopic (exact) mass is 324 g/mol. The Hall–Kier alpha value is -1.60. The second kappa shape index (κ2) is 5.83. The number of aromatic nitrogens is 2. The average Bonchev–Trinajstić information content (AvgIpc) is 2.41. The summed E-state index contributed by atoms with van der Waals surface area (Å²) >= 11 is 4.80. The van der Waals surface area contributed by atoms with E-state index in [-0.39, 0.29) is 5.84 Å². The Labute approximate surface area is 116 Å². The molecule has 0 saturated carbocycles. The number of hydrogen-bond donors (Lipinski definition) is 2. The molecule has 0 aliphatic carbocycles. The Morgan fingerprint density at radius 2 is 2.17 bits per heavy atom. The molecule has 0 spiro atoms. The summed E-state index contributed by atoms with van der Waals surface area (Å²) in [5.74, 6) is -0.0128. The van der Waals surface area contributed by atoms with Gasteiger partial charge in [-0.2, -0.15) is 0 Å². The topological polar surface area (TPSA) is 84.4 Å². The van der Waals surface area contributed by atoms with Crippen LogP contribution in [0.3, 0.4) is 0 Å². The summed E-state index contributed by atoms with van der Waals surface area (Å²) in [7, 11) is 0. The van der Waals surface area contributed by atoms with Crippen molar-refractivity contribution in [2.75, 3.05) is 0 Å². The minimum Gasteiger partial charge on any atom is -0.409 e. The number of halogens is 1. The van der Waals surface area contributed by atoms with Crippen molar-refractivity contribution in [2.24, 2.45) is 10.9 Å². The van der Waals surface area contributed by atoms with Gasteiger partial charge in [-0.1, -0.05) is 16.9 Å². The van der Waals surface area contributed by atoms with Crippen LogP contribution in [0.4, 0.5) is 0 Å². The highest BCUT2D eigenvalue weighted by atomic mass is 79.9.